The molecular weight excluding hydrogens is 376 g/mol. The van der Waals surface area contributed by atoms with Gasteiger partial charge in [0.15, 0.2) is 0 Å². The van der Waals surface area contributed by atoms with Crippen molar-refractivity contribution >= 4 is 11.8 Å². The first-order valence-electron chi connectivity index (χ1n) is 9.96. The van der Waals surface area contributed by atoms with Gasteiger partial charge in [0.2, 0.25) is 5.91 Å². The van der Waals surface area contributed by atoms with Crippen molar-refractivity contribution in [2.24, 2.45) is 0 Å². The first-order valence-corrected chi connectivity index (χ1v) is 9.96. The fourth-order valence-electron chi connectivity index (χ4n) is 3.22. The zero-order valence-electron chi connectivity index (χ0n) is 17.2. The molecular formula is C25H26N2O3. The van der Waals surface area contributed by atoms with Crippen LogP contribution in [0.2, 0.25) is 0 Å². The van der Waals surface area contributed by atoms with E-state index < -0.39 is 0 Å². The zero-order valence-corrected chi connectivity index (χ0v) is 17.2. The number of nitrogens with zero attached hydrogens (tertiary/aromatic N) is 1. The van der Waals surface area contributed by atoms with Gasteiger partial charge < -0.3 is 15.0 Å². The number of carbonyl (C=O) groups excluding carboxylic acids is 2. The number of amides is 2. The van der Waals surface area contributed by atoms with E-state index in [-0.39, 0.29) is 24.4 Å². The SMILES string of the molecule is CCOc1ccc(C(NC(=O)CN(C)C(=O)c2ccccc2)c2ccccc2)cc1. The molecule has 0 saturated carbocycles. The van der Waals surface area contributed by atoms with Crippen molar-refractivity contribution in [1.29, 1.82) is 0 Å². The van der Waals surface area contributed by atoms with E-state index >= 15 is 0 Å². The second-order valence-corrected chi connectivity index (χ2v) is 6.94. The minimum atomic E-state index is -0.324. The normalized spacial score (nSPS) is 11.4. The number of rotatable bonds is 8. The molecule has 154 valence electrons. The molecule has 30 heavy (non-hydrogen) atoms. The maximum absolute atomic E-state index is 12.8. The van der Waals surface area contributed by atoms with Gasteiger partial charge in [-0.15, -0.1) is 0 Å². The molecule has 0 aliphatic heterocycles. The van der Waals surface area contributed by atoms with E-state index in [4.69, 9.17) is 4.74 Å². The molecule has 1 unspecified atom stereocenters. The summed E-state index contributed by atoms with van der Waals surface area (Å²) in [6.07, 6.45) is 0. The second kappa shape index (κ2) is 10.3. The Morgan fingerprint density at radius 1 is 0.867 bits per heavy atom. The molecule has 0 aliphatic rings. The van der Waals surface area contributed by atoms with Crippen molar-refractivity contribution in [2.75, 3.05) is 20.2 Å². The van der Waals surface area contributed by atoms with Crippen LogP contribution in [0.1, 0.15) is 34.5 Å². The fraction of sp³-hybridized carbons (Fsp3) is 0.200. The van der Waals surface area contributed by atoms with E-state index in [2.05, 4.69) is 5.32 Å². The summed E-state index contributed by atoms with van der Waals surface area (Å²) in [5.41, 5.74) is 2.46. The predicted octanol–water partition coefficient (Wildman–Crippen LogP) is 4.06. The smallest absolute Gasteiger partial charge is 0.254 e. The van der Waals surface area contributed by atoms with Crippen molar-refractivity contribution in [1.82, 2.24) is 10.2 Å². The lowest BCUT2D eigenvalue weighted by Crippen LogP contribution is -2.40. The highest BCUT2D eigenvalue weighted by atomic mass is 16.5. The van der Waals surface area contributed by atoms with Gasteiger partial charge in [0.05, 0.1) is 19.2 Å². The van der Waals surface area contributed by atoms with E-state index in [0.717, 1.165) is 16.9 Å². The topological polar surface area (TPSA) is 58.6 Å². The summed E-state index contributed by atoms with van der Waals surface area (Å²) in [5, 5.41) is 3.06. The molecule has 0 fully saturated rings. The molecule has 5 nitrogen and oxygen atoms in total. The summed E-state index contributed by atoms with van der Waals surface area (Å²) in [4.78, 5) is 26.7. The lowest BCUT2D eigenvalue weighted by atomic mass is 9.98. The van der Waals surface area contributed by atoms with Crippen LogP contribution in [0, 0.1) is 0 Å². The van der Waals surface area contributed by atoms with Crippen molar-refractivity contribution in [3.63, 3.8) is 0 Å². The highest BCUT2D eigenvalue weighted by Gasteiger charge is 2.20. The lowest BCUT2D eigenvalue weighted by molar-refractivity contribution is -0.122. The minimum absolute atomic E-state index is 0.0336. The molecule has 0 radical (unpaired) electrons. The molecule has 1 N–H and O–H groups in total. The number of benzene rings is 3. The van der Waals surface area contributed by atoms with Crippen LogP contribution in [0.5, 0.6) is 5.75 Å². The molecule has 3 rings (SSSR count). The van der Waals surface area contributed by atoms with Crippen LogP contribution in [0.3, 0.4) is 0 Å². The fourth-order valence-corrected chi connectivity index (χ4v) is 3.22. The van der Waals surface area contributed by atoms with Gasteiger partial charge in [0.1, 0.15) is 5.75 Å². The summed E-state index contributed by atoms with van der Waals surface area (Å²) in [7, 11) is 1.63. The molecule has 0 aromatic heterocycles. The highest BCUT2D eigenvalue weighted by molar-refractivity contribution is 5.96. The minimum Gasteiger partial charge on any atom is -0.494 e. The van der Waals surface area contributed by atoms with Crippen molar-refractivity contribution in [2.45, 2.75) is 13.0 Å². The molecule has 3 aromatic carbocycles. The van der Waals surface area contributed by atoms with E-state index in [1.165, 1.54) is 4.90 Å². The number of nitrogens with one attached hydrogen (secondary N) is 1. The Hall–Kier alpha value is -3.60. The summed E-state index contributed by atoms with van der Waals surface area (Å²) in [5.74, 6) is 0.361. The molecule has 1 atom stereocenters. The average Bonchev–Trinajstić information content (AvgIpc) is 2.79. The van der Waals surface area contributed by atoms with E-state index in [0.29, 0.717) is 12.2 Å². The summed E-state index contributed by atoms with van der Waals surface area (Å²) < 4.78 is 5.52. The third kappa shape index (κ3) is 5.47. The van der Waals surface area contributed by atoms with Crippen LogP contribution in [-0.4, -0.2) is 36.9 Å². The monoisotopic (exact) mass is 402 g/mol. The summed E-state index contributed by atoms with van der Waals surface area (Å²) >= 11 is 0. The zero-order chi connectivity index (χ0) is 21.3. The maximum Gasteiger partial charge on any atom is 0.254 e. The third-order valence-corrected chi connectivity index (χ3v) is 4.71. The molecule has 3 aromatic rings. The Bertz CT molecular complexity index is 957. The van der Waals surface area contributed by atoms with Gasteiger partial charge >= 0.3 is 0 Å². The summed E-state index contributed by atoms with van der Waals surface area (Å²) in [6.45, 7) is 2.50. The Balaban J connectivity index is 1.74. The summed E-state index contributed by atoms with van der Waals surface area (Å²) in [6, 6.07) is 26.1. The quantitative estimate of drug-likeness (QED) is 0.618. The lowest BCUT2D eigenvalue weighted by Gasteiger charge is -2.23. The number of carbonyl (C=O) groups is 2. The number of hydrogen-bond donors (Lipinski definition) is 1. The molecule has 0 spiro atoms. The van der Waals surface area contributed by atoms with E-state index in [1.807, 2.05) is 67.6 Å². The van der Waals surface area contributed by atoms with Gasteiger partial charge in [-0.05, 0) is 42.3 Å². The van der Waals surface area contributed by atoms with Crippen LogP contribution < -0.4 is 10.1 Å². The first kappa shape index (κ1) is 21.1. The van der Waals surface area contributed by atoms with E-state index in [1.54, 1.807) is 31.3 Å². The van der Waals surface area contributed by atoms with Gasteiger partial charge in [-0.25, -0.2) is 0 Å². The standard InChI is InChI=1S/C25H26N2O3/c1-3-30-22-16-14-20(15-17-22)24(19-10-6-4-7-11-19)26-23(28)18-27(2)25(29)21-12-8-5-9-13-21/h4-17,24H,3,18H2,1-2H3,(H,26,28). The van der Waals surface area contributed by atoms with Gasteiger partial charge in [-0.2, -0.15) is 0 Å². The third-order valence-electron chi connectivity index (χ3n) is 4.71. The Kier molecular flexibility index (Phi) is 7.22. The van der Waals surface area contributed by atoms with Gasteiger partial charge in [0.25, 0.3) is 5.91 Å². The average molecular weight is 402 g/mol. The first-order chi connectivity index (χ1) is 14.6. The molecule has 0 heterocycles. The Labute approximate surface area is 177 Å². The van der Waals surface area contributed by atoms with Gasteiger partial charge in [-0.3, -0.25) is 9.59 Å². The van der Waals surface area contributed by atoms with Crippen LogP contribution in [0.4, 0.5) is 0 Å². The van der Waals surface area contributed by atoms with Crippen molar-refractivity contribution in [3.05, 3.63) is 102 Å². The number of ether oxygens (including phenoxy) is 1. The molecule has 0 bridgehead atoms. The van der Waals surface area contributed by atoms with E-state index in [9.17, 15) is 9.59 Å². The van der Waals surface area contributed by atoms with Gasteiger partial charge in [-0.1, -0.05) is 60.7 Å². The molecule has 0 saturated heterocycles. The Morgan fingerprint density at radius 3 is 2.03 bits per heavy atom. The van der Waals surface area contributed by atoms with Crippen LogP contribution in [0.15, 0.2) is 84.9 Å². The molecule has 2 amide bonds. The van der Waals surface area contributed by atoms with Crippen LogP contribution in [0.25, 0.3) is 0 Å². The second-order valence-electron chi connectivity index (χ2n) is 6.94. The van der Waals surface area contributed by atoms with Crippen molar-refractivity contribution in [3.8, 4) is 5.75 Å². The van der Waals surface area contributed by atoms with Crippen LogP contribution in [-0.2, 0) is 4.79 Å². The van der Waals surface area contributed by atoms with Crippen LogP contribution >= 0.6 is 0 Å². The van der Waals surface area contributed by atoms with Crippen molar-refractivity contribution < 1.29 is 14.3 Å². The molecule has 0 aliphatic carbocycles. The number of likely N-dealkylation sites (N-methyl/N-ethyl adjacent to an activating group) is 1. The molecule has 5 heteroatoms. The maximum atomic E-state index is 12.8. The van der Waals surface area contributed by atoms with Gasteiger partial charge in [0, 0.05) is 12.6 Å². The highest BCUT2D eigenvalue weighted by Crippen LogP contribution is 2.24. The largest absolute Gasteiger partial charge is 0.494 e. The Morgan fingerprint density at radius 2 is 1.43 bits per heavy atom. The predicted molar refractivity (Wildman–Crippen MR) is 117 cm³/mol. The number of hydrogen-bond acceptors (Lipinski definition) is 3.